The molecule has 3 fully saturated rings. The van der Waals surface area contributed by atoms with Gasteiger partial charge in [-0.2, -0.15) is 17.0 Å². The molecule has 6 aromatic rings. The Morgan fingerprint density at radius 3 is 2.43 bits per heavy atom. The Hall–Kier alpha value is -6.95. The second-order valence-corrected chi connectivity index (χ2v) is 20.1. The van der Waals surface area contributed by atoms with Crippen LogP contribution in [-0.2, 0) is 41.4 Å². The van der Waals surface area contributed by atoms with Crippen LogP contribution in [0.3, 0.4) is 0 Å². The first-order valence-corrected chi connectivity index (χ1v) is 27.0. The van der Waals surface area contributed by atoms with Crippen LogP contribution in [0.1, 0.15) is 48.0 Å². The van der Waals surface area contributed by atoms with Gasteiger partial charge in [-0.05, 0) is 90.3 Å². The largest absolute Gasteiger partial charge is 0.465 e. The maximum Gasteiger partial charge on any atom is 0.339 e. The second kappa shape index (κ2) is 26.5. The van der Waals surface area contributed by atoms with Gasteiger partial charge < -0.3 is 54.8 Å². The Labute approximate surface area is 441 Å². The molecule has 0 spiro atoms. The molecule has 3 saturated heterocycles. The molecule has 0 radical (unpaired) electrons. The molecule has 5 heterocycles. The summed E-state index contributed by atoms with van der Waals surface area (Å²) in [6.45, 7) is 7.08. The number of urea groups is 1. The third-order valence-corrected chi connectivity index (χ3v) is 15.3. The fourth-order valence-electron chi connectivity index (χ4n) is 9.85. The smallest absolute Gasteiger partial charge is 0.339 e. The van der Waals surface area contributed by atoms with Gasteiger partial charge in [-0.1, -0.05) is 59.8 Å². The first-order chi connectivity index (χ1) is 36.8. The number of fused-ring (bicyclic) bond motifs is 2. The zero-order chi connectivity index (χ0) is 51.8. The standard InChI is InChI=1S/C56H66N10O8S/c1-70-55(68)46-33-41(38-14-18-44(19-15-38)65-23-27-73-28-24-65)16-20-47(46)60-43(34-57)17-13-42-35-59-48-6-2-5-45(53(42)48)39-9-11-40(12-10-39)49-36-66(64-63-49)22-4-25-71-29-31-74-32-30-72-26-21-58-52(67)8-3-7-51-54-50(37-75-51)61-56(69)62-54/h2,5-6,9-12,14-16,18-20,33,35-36,43,50-51,54,59-60H,3-4,7-8,13,17,21-32,37H2,1H3,(H,58,67)(H2,61,62,69). The average molecular weight is 1040 g/mol. The van der Waals surface area contributed by atoms with Crippen molar-refractivity contribution in [3.63, 3.8) is 0 Å². The average Bonchev–Trinajstić information content (AvgIpc) is 4.27. The van der Waals surface area contributed by atoms with Gasteiger partial charge in [0, 0.05) is 84.2 Å². The van der Waals surface area contributed by atoms with Crippen LogP contribution in [0.25, 0.3) is 44.4 Å². The highest BCUT2D eigenvalue weighted by atomic mass is 32.2. The van der Waals surface area contributed by atoms with Gasteiger partial charge in [0.1, 0.15) is 11.7 Å². The number of carbonyl (C=O) groups excluding carboxylic acids is 3. The number of morpholine rings is 1. The summed E-state index contributed by atoms with van der Waals surface area (Å²) in [6.07, 6.45) is 8.03. The fraction of sp³-hybridized carbons (Fsp3) is 0.429. The Morgan fingerprint density at radius 2 is 1.64 bits per heavy atom. The lowest BCUT2D eigenvalue weighted by atomic mass is 9.95. The number of esters is 1. The van der Waals surface area contributed by atoms with Crippen molar-refractivity contribution >= 4 is 51.9 Å². The number of anilines is 2. The summed E-state index contributed by atoms with van der Waals surface area (Å²) in [7, 11) is 1.37. The number of methoxy groups -OCH3 is 1. The van der Waals surface area contributed by atoms with E-state index in [-0.39, 0.29) is 24.0 Å². The van der Waals surface area contributed by atoms with Gasteiger partial charge in [-0.3, -0.25) is 9.48 Å². The Bertz CT molecular complexity index is 2880. The molecule has 3 aliphatic heterocycles. The zero-order valence-corrected chi connectivity index (χ0v) is 43.2. The minimum absolute atomic E-state index is 0.0180. The minimum atomic E-state index is -0.572. The lowest BCUT2D eigenvalue weighted by Crippen LogP contribution is -2.37. The molecule has 4 atom stereocenters. The Balaban J connectivity index is 0.674. The Kier molecular flexibility index (Phi) is 18.7. The van der Waals surface area contributed by atoms with Crippen molar-refractivity contribution in [2.24, 2.45) is 0 Å². The van der Waals surface area contributed by atoms with E-state index < -0.39 is 12.0 Å². The molecule has 4 unspecified atom stereocenters. The van der Waals surface area contributed by atoms with Crippen molar-refractivity contribution in [2.45, 2.75) is 68.4 Å². The number of benzene rings is 4. The highest BCUT2D eigenvalue weighted by molar-refractivity contribution is 8.00. The molecule has 75 heavy (non-hydrogen) atoms. The molecule has 18 nitrogen and oxygen atoms in total. The number of hydrogen-bond donors (Lipinski definition) is 5. The number of nitrogens with one attached hydrogen (secondary N) is 5. The minimum Gasteiger partial charge on any atom is -0.465 e. The first-order valence-electron chi connectivity index (χ1n) is 25.9. The summed E-state index contributed by atoms with van der Waals surface area (Å²) in [5, 5.41) is 32.8. The number of amides is 3. The molecule has 9 rings (SSSR count). The lowest BCUT2D eigenvalue weighted by Gasteiger charge is -2.29. The number of aromatic nitrogens is 4. The van der Waals surface area contributed by atoms with E-state index in [1.54, 1.807) is 0 Å². The van der Waals surface area contributed by atoms with E-state index in [0.29, 0.717) is 102 Å². The lowest BCUT2D eigenvalue weighted by molar-refractivity contribution is -0.121. The van der Waals surface area contributed by atoms with Crippen LogP contribution in [0.4, 0.5) is 16.2 Å². The van der Waals surface area contributed by atoms with Crippen molar-refractivity contribution in [3.8, 4) is 39.6 Å². The Morgan fingerprint density at radius 1 is 0.893 bits per heavy atom. The molecule has 19 heteroatoms. The third kappa shape index (κ3) is 14.1. The monoisotopic (exact) mass is 1040 g/mol. The predicted molar refractivity (Wildman–Crippen MR) is 290 cm³/mol. The van der Waals surface area contributed by atoms with Crippen LogP contribution in [0.5, 0.6) is 0 Å². The normalized spacial score (nSPS) is 17.5. The first kappa shape index (κ1) is 52.9. The van der Waals surface area contributed by atoms with Gasteiger partial charge in [-0.15, -0.1) is 5.10 Å². The number of nitrogens with zero attached hydrogens (tertiary/aromatic N) is 5. The van der Waals surface area contributed by atoms with E-state index in [0.717, 1.165) is 93.8 Å². The number of aromatic amines is 1. The van der Waals surface area contributed by atoms with Gasteiger partial charge in [0.25, 0.3) is 0 Å². The highest BCUT2D eigenvalue weighted by Gasteiger charge is 2.42. The third-order valence-electron chi connectivity index (χ3n) is 13.8. The maximum atomic E-state index is 13.1. The molecule has 3 amide bonds. The van der Waals surface area contributed by atoms with E-state index >= 15 is 0 Å². The number of hydrogen-bond acceptors (Lipinski definition) is 14. The molecule has 2 aromatic heterocycles. The number of H-pyrrole nitrogens is 1. The molecular formula is C56H66N10O8S. The molecule has 394 valence electrons. The maximum absolute atomic E-state index is 13.1. The van der Waals surface area contributed by atoms with Crippen LogP contribution in [-0.4, -0.2) is 147 Å². The van der Waals surface area contributed by atoms with Crippen LogP contribution in [0, 0.1) is 11.3 Å². The van der Waals surface area contributed by atoms with Gasteiger partial charge in [0.05, 0.1) is 83.3 Å². The van der Waals surface area contributed by atoms with E-state index in [1.807, 2.05) is 53.1 Å². The van der Waals surface area contributed by atoms with E-state index in [1.165, 1.54) is 7.11 Å². The SMILES string of the molecule is COC(=O)c1cc(-c2ccc(N3CCOCC3)cc2)ccc1NC(C#N)CCc1c[nH]c2cccc(-c3ccc(-c4cn(CCCOCCOCCOCCNC(=O)CCCC5SCC6NC(=O)NC65)nn4)cc3)c12. The van der Waals surface area contributed by atoms with Crippen molar-refractivity contribution < 1.29 is 38.1 Å². The summed E-state index contributed by atoms with van der Waals surface area (Å²) >= 11 is 1.86. The quantitative estimate of drug-likeness (QED) is 0.0196. The molecule has 5 N–H and O–H groups in total. The van der Waals surface area contributed by atoms with Gasteiger partial charge in [-0.25, -0.2) is 9.59 Å². The summed E-state index contributed by atoms with van der Waals surface area (Å²) in [5.41, 5.74) is 9.89. The molecule has 4 aromatic carbocycles. The number of nitriles is 1. The second-order valence-electron chi connectivity index (χ2n) is 18.8. The van der Waals surface area contributed by atoms with Crippen LogP contribution < -0.4 is 26.2 Å². The molecule has 3 aliphatic rings. The summed E-state index contributed by atoms with van der Waals surface area (Å²) < 4.78 is 29.5. The highest BCUT2D eigenvalue weighted by Crippen LogP contribution is 2.35. The summed E-state index contributed by atoms with van der Waals surface area (Å²) in [6, 6.07) is 30.6. The topological polar surface area (TPSA) is 219 Å². The van der Waals surface area contributed by atoms with Crippen LogP contribution in [0.15, 0.2) is 97.3 Å². The van der Waals surface area contributed by atoms with Crippen LogP contribution in [0.2, 0.25) is 0 Å². The van der Waals surface area contributed by atoms with Gasteiger partial charge >= 0.3 is 12.0 Å². The van der Waals surface area contributed by atoms with Crippen molar-refractivity contribution in [3.05, 3.63) is 108 Å². The number of thioether (sulfide) groups is 1. The number of aryl methyl sites for hydroxylation is 2. The van der Waals surface area contributed by atoms with Gasteiger partial charge in [0.15, 0.2) is 0 Å². The number of carbonyl (C=O) groups is 3. The number of rotatable bonds is 27. The molecule has 0 bridgehead atoms. The summed E-state index contributed by atoms with van der Waals surface area (Å²) in [5.74, 6) is 0.464. The number of ether oxygens (including phenoxy) is 5. The molecule has 0 saturated carbocycles. The van der Waals surface area contributed by atoms with Crippen molar-refractivity contribution in [1.82, 2.24) is 35.9 Å². The van der Waals surface area contributed by atoms with Crippen molar-refractivity contribution in [1.29, 1.82) is 5.26 Å². The zero-order valence-electron chi connectivity index (χ0n) is 42.4. The fourth-order valence-corrected chi connectivity index (χ4v) is 11.4. The van der Waals surface area contributed by atoms with Crippen LogP contribution >= 0.6 is 11.8 Å². The van der Waals surface area contributed by atoms with E-state index in [4.69, 9.17) is 23.7 Å². The van der Waals surface area contributed by atoms with Gasteiger partial charge in [0.2, 0.25) is 5.91 Å². The van der Waals surface area contributed by atoms with E-state index in [9.17, 15) is 19.6 Å². The summed E-state index contributed by atoms with van der Waals surface area (Å²) in [4.78, 5) is 42.6. The molecular weight excluding hydrogens is 973 g/mol. The predicted octanol–water partition coefficient (Wildman–Crippen LogP) is 7.21. The van der Waals surface area contributed by atoms with Crippen molar-refractivity contribution in [2.75, 3.05) is 95.6 Å². The molecule has 0 aliphatic carbocycles. The van der Waals surface area contributed by atoms with E-state index in [2.05, 4.69) is 108 Å².